The maximum atomic E-state index is 9.57. The number of aromatic hydroxyl groups is 1. The molecule has 0 spiro atoms. The molecule has 0 saturated carbocycles. The Balaban J connectivity index is 2.11. The van der Waals surface area contributed by atoms with E-state index in [1.165, 1.54) is 21.9 Å². The minimum absolute atomic E-state index is 0.238. The fraction of sp³-hybridized carbons (Fsp3) is 0.0588. The third-order valence-electron chi connectivity index (χ3n) is 3.63. The Kier molecular flexibility index (Phi) is 2.06. The smallest absolute Gasteiger partial charge is 0.131 e. The molecular formula is C17H12O2. The van der Waals surface area contributed by atoms with E-state index in [-0.39, 0.29) is 5.75 Å². The van der Waals surface area contributed by atoms with Gasteiger partial charge in [-0.15, -0.1) is 0 Å². The van der Waals surface area contributed by atoms with Gasteiger partial charge in [-0.3, -0.25) is 0 Å². The molecule has 3 aromatic carbocycles. The summed E-state index contributed by atoms with van der Waals surface area (Å²) in [6, 6.07) is 17.9. The highest BCUT2D eigenvalue weighted by atomic mass is 16.5. The van der Waals surface area contributed by atoms with Crippen LogP contribution in [0.25, 0.3) is 21.9 Å². The van der Waals surface area contributed by atoms with Crippen molar-refractivity contribution in [2.45, 2.75) is 6.61 Å². The first-order valence-electron chi connectivity index (χ1n) is 6.30. The maximum absolute atomic E-state index is 9.57. The van der Waals surface area contributed by atoms with Gasteiger partial charge in [0.2, 0.25) is 0 Å². The lowest BCUT2D eigenvalue weighted by Crippen LogP contribution is -2.05. The van der Waals surface area contributed by atoms with Gasteiger partial charge in [0.15, 0.2) is 0 Å². The molecule has 19 heavy (non-hydrogen) atoms. The van der Waals surface area contributed by atoms with Crippen LogP contribution in [0.1, 0.15) is 5.56 Å². The van der Waals surface area contributed by atoms with Crippen LogP contribution in [0.4, 0.5) is 0 Å². The molecule has 1 aliphatic rings. The molecule has 4 rings (SSSR count). The second-order valence-electron chi connectivity index (χ2n) is 4.79. The van der Waals surface area contributed by atoms with Gasteiger partial charge in [-0.2, -0.15) is 0 Å². The minimum Gasteiger partial charge on any atom is -0.508 e. The number of hydrogen-bond donors (Lipinski definition) is 1. The molecule has 0 unspecified atom stereocenters. The molecule has 0 fully saturated rings. The summed E-state index contributed by atoms with van der Waals surface area (Å²) in [5, 5.41) is 12.0. The van der Waals surface area contributed by atoms with Gasteiger partial charge in [0, 0.05) is 11.6 Å². The van der Waals surface area contributed by atoms with Crippen LogP contribution < -0.4 is 4.74 Å². The van der Waals surface area contributed by atoms with Crippen LogP contribution in [0.3, 0.4) is 0 Å². The van der Waals surface area contributed by atoms with Gasteiger partial charge in [-0.05, 0) is 34.0 Å². The number of phenolic OH excluding ortho intramolecular Hbond substituents is 1. The lowest BCUT2D eigenvalue weighted by atomic mass is 9.91. The van der Waals surface area contributed by atoms with Crippen LogP contribution in [-0.4, -0.2) is 5.11 Å². The fourth-order valence-corrected chi connectivity index (χ4v) is 2.75. The number of phenols is 1. The van der Waals surface area contributed by atoms with E-state index in [1.807, 2.05) is 12.1 Å². The lowest BCUT2D eigenvalue weighted by Gasteiger charge is -2.22. The molecule has 0 aliphatic carbocycles. The third kappa shape index (κ3) is 1.50. The monoisotopic (exact) mass is 248 g/mol. The maximum Gasteiger partial charge on any atom is 0.131 e. The Bertz CT molecular complexity index is 790. The lowest BCUT2D eigenvalue weighted by molar-refractivity contribution is 0.301. The number of fused-ring (bicyclic) bond motifs is 5. The highest BCUT2D eigenvalue weighted by Gasteiger charge is 2.19. The molecule has 0 aromatic heterocycles. The highest BCUT2D eigenvalue weighted by molar-refractivity contribution is 6.00. The number of hydrogen-bond acceptors (Lipinski definition) is 2. The van der Waals surface area contributed by atoms with Crippen LogP contribution in [0.2, 0.25) is 0 Å². The van der Waals surface area contributed by atoms with Crippen molar-refractivity contribution in [3.8, 4) is 22.6 Å². The van der Waals surface area contributed by atoms with E-state index in [2.05, 4.69) is 30.3 Å². The molecule has 1 aliphatic heterocycles. The van der Waals surface area contributed by atoms with E-state index in [0.717, 1.165) is 11.3 Å². The zero-order chi connectivity index (χ0) is 12.8. The van der Waals surface area contributed by atoms with Crippen LogP contribution in [0.15, 0.2) is 54.6 Å². The summed E-state index contributed by atoms with van der Waals surface area (Å²) in [7, 11) is 0. The van der Waals surface area contributed by atoms with Crippen LogP contribution in [0, 0.1) is 0 Å². The normalized spacial score (nSPS) is 12.6. The first kappa shape index (κ1) is 10.4. The second-order valence-corrected chi connectivity index (χ2v) is 4.79. The molecule has 0 saturated heterocycles. The molecule has 0 radical (unpaired) electrons. The first-order chi connectivity index (χ1) is 9.33. The predicted molar refractivity (Wildman–Crippen MR) is 75.4 cm³/mol. The van der Waals surface area contributed by atoms with Gasteiger partial charge in [0.05, 0.1) is 0 Å². The van der Waals surface area contributed by atoms with Gasteiger partial charge in [0.25, 0.3) is 0 Å². The summed E-state index contributed by atoms with van der Waals surface area (Å²) in [6.45, 7) is 0.552. The topological polar surface area (TPSA) is 29.5 Å². The Hall–Kier alpha value is -2.48. The zero-order valence-corrected chi connectivity index (χ0v) is 10.3. The Labute approximate surface area is 110 Å². The van der Waals surface area contributed by atoms with Crippen molar-refractivity contribution >= 4 is 10.8 Å². The molecule has 2 heteroatoms. The van der Waals surface area contributed by atoms with Gasteiger partial charge in [-0.25, -0.2) is 0 Å². The largest absolute Gasteiger partial charge is 0.508 e. The van der Waals surface area contributed by atoms with Crippen molar-refractivity contribution in [2.24, 2.45) is 0 Å². The van der Waals surface area contributed by atoms with E-state index in [4.69, 9.17) is 4.74 Å². The Morgan fingerprint density at radius 2 is 1.84 bits per heavy atom. The van der Waals surface area contributed by atoms with Gasteiger partial charge >= 0.3 is 0 Å². The van der Waals surface area contributed by atoms with Crippen molar-refractivity contribution in [1.82, 2.24) is 0 Å². The van der Waals surface area contributed by atoms with E-state index in [9.17, 15) is 5.11 Å². The highest BCUT2D eigenvalue weighted by Crippen LogP contribution is 2.42. The fourth-order valence-electron chi connectivity index (χ4n) is 2.75. The summed E-state index contributed by atoms with van der Waals surface area (Å²) < 4.78 is 5.72. The standard InChI is InChI=1S/C17H12O2/c18-13-7-8-15-16(9-13)19-10-12-6-5-11-3-1-2-4-14(11)17(12)15/h1-9,18H,10H2. The van der Waals surface area contributed by atoms with Crippen molar-refractivity contribution in [3.05, 3.63) is 60.2 Å². The molecule has 0 bridgehead atoms. The third-order valence-corrected chi connectivity index (χ3v) is 3.63. The van der Waals surface area contributed by atoms with Crippen molar-refractivity contribution < 1.29 is 9.84 Å². The van der Waals surface area contributed by atoms with Crippen LogP contribution in [0.5, 0.6) is 11.5 Å². The van der Waals surface area contributed by atoms with E-state index < -0.39 is 0 Å². The van der Waals surface area contributed by atoms with Gasteiger partial charge in [-0.1, -0.05) is 36.4 Å². The molecule has 2 nitrogen and oxygen atoms in total. The summed E-state index contributed by atoms with van der Waals surface area (Å²) in [5.74, 6) is 0.992. The molecule has 0 amide bonds. The first-order valence-corrected chi connectivity index (χ1v) is 6.30. The summed E-state index contributed by atoms with van der Waals surface area (Å²) >= 11 is 0. The van der Waals surface area contributed by atoms with Crippen molar-refractivity contribution in [1.29, 1.82) is 0 Å². The van der Waals surface area contributed by atoms with Crippen LogP contribution >= 0.6 is 0 Å². The van der Waals surface area contributed by atoms with Crippen LogP contribution in [-0.2, 0) is 6.61 Å². The average Bonchev–Trinajstić information content (AvgIpc) is 2.46. The molecule has 0 atom stereocenters. The van der Waals surface area contributed by atoms with E-state index in [1.54, 1.807) is 12.1 Å². The van der Waals surface area contributed by atoms with Crippen molar-refractivity contribution in [2.75, 3.05) is 0 Å². The zero-order valence-electron chi connectivity index (χ0n) is 10.3. The average molecular weight is 248 g/mol. The summed E-state index contributed by atoms with van der Waals surface area (Å²) in [4.78, 5) is 0. The Morgan fingerprint density at radius 3 is 2.79 bits per heavy atom. The minimum atomic E-state index is 0.238. The van der Waals surface area contributed by atoms with Gasteiger partial charge < -0.3 is 9.84 Å². The second kappa shape index (κ2) is 3.75. The van der Waals surface area contributed by atoms with Gasteiger partial charge in [0.1, 0.15) is 18.1 Å². The van der Waals surface area contributed by atoms with E-state index >= 15 is 0 Å². The predicted octanol–water partition coefficient (Wildman–Crippen LogP) is 4.10. The number of rotatable bonds is 0. The summed E-state index contributed by atoms with van der Waals surface area (Å²) in [6.07, 6.45) is 0. The van der Waals surface area contributed by atoms with E-state index in [0.29, 0.717) is 6.61 Å². The molecule has 92 valence electrons. The Morgan fingerprint density at radius 1 is 0.947 bits per heavy atom. The van der Waals surface area contributed by atoms with Crippen molar-refractivity contribution in [3.63, 3.8) is 0 Å². The summed E-state index contributed by atoms with van der Waals surface area (Å²) in [5.41, 5.74) is 3.46. The molecular weight excluding hydrogens is 236 g/mol. The number of ether oxygens (including phenoxy) is 1. The SMILES string of the molecule is Oc1ccc2c(c1)OCc1ccc3ccccc3c1-2. The molecule has 1 N–H and O–H groups in total. The molecule has 1 heterocycles. The molecule has 3 aromatic rings. The number of benzene rings is 3. The quantitative estimate of drug-likeness (QED) is 0.649.